The van der Waals surface area contributed by atoms with Crippen LogP contribution in [0.15, 0.2) is 47.6 Å². The summed E-state index contributed by atoms with van der Waals surface area (Å²) in [4.78, 5) is 17.2. The largest absolute Gasteiger partial charge is 0.454 e. The number of ketones is 1. The molecule has 3 rings (SSSR count). The molecule has 6 nitrogen and oxygen atoms in total. The summed E-state index contributed by atoms with van der Waals surface area (Å²) in [5, 5.41) is 12.7. The van der Waals surface area contributed by atoms with E-state index in [1.807, 2.05) is 0 Å². The third-order valence-corrected chi connectivity index (χ3v) is 3.45. The average molecular weight is 322 g/mol. The first-order valence-corrected chi connectivity index (χ1v) is 7.27. The van der Waals surface area contributed by atoms with Crippen LogP contribution in [0.5, 0.6) is 11.5 Å². The first-order chi connectivity index (χ1) is 11.7. The van der Waals surface area contributed by atoms with Crippen molar-refractivity contribution in [2.75, 3.05) is 6.79 Å². The lowest BCUT2D eigenvalue weighted by Crippen LogP contribution is -2.12. The van der Waals surface area contributed by atoms with Crippen molar-refractivity contribution in [2.45, 2.75) is 13.5 Å². The highest BCUT2D eigenvalue weighted by Crippen LogP contribution is 2.32. The number of carbonyl (C=O) groups is 1. The minimum atomic E-state index is -0.214. The number of rotatable bonds is 5. The molecular weight excluding hydrogens is 308 g/mol. The van der Waals surface area contributed by atoms with Crippen LogP contribution in [0.4, 0.5) is 0 Å². The molecule has 0 bridgehead atoms. The molecule has 24 heavy (non-hydrogen) atoms. The van der Waals surface area contributed by atoms with Crippen LogP contribution in [0.3, 0.4) is 0 Å². The van der Waals surface area contributed by atoms with Gasteiger partial charge in [0.25, 0.3) is 0 Å². The third kappa shape index (κ3) is 3.36. The first kappa shape index (κ1) is 15.6. The molecule has 0 saturated heterocycles. The predicted molar refractivity (Wildman–Crippen MR) is 85.7 cm³/mol. The lowest BCUT2D eigenvalue weighted by Gasteiger charge is -2.05. The maximum absolute atomic E-state index is 11.9. The normalized spacial score (nSPS) is 12.6. The van der Waals surface area contributed by atoms with Gasteiger partial charge in [0, 0.05) is 12.5 Å². The predicted octanol–water partition coefficient (Wildman–Crippen LogP) is 2.80. The average Bonchev–Trinajstić information content (AvgIpc) is 3.06. The molecule has 1 aliphatic rings. The van der Waals surface area contributed by atoms with Crippen molar-refractivity contribution in [3.8, 4) is 17.6 Å². The summed E-state index contributed by atoms with van der Waals surface area (Å²) < 4.78 is 10.6. The number of hydrogen-bond donors (Lipinski definition) is 0. The summed E-state index contributed by atoms with van der Waals surface area (Å²) in [7, 11) is 0. The van der Waals surface area contributed by atoms with E-state index in [9.17, 15) is 4.79 Å². The Morgan fingerprint density at radius 2 is 1.96 bits per heavy atom. The molecule has 0 aliphatic carbocycles. The molecular formula is C18H14N2O4. The summed E-state index contributed by atoms with van der Waals surface area (Å²) in [6.07, 6.45) is 0. The zero-order valence-corrected chi connectivity index (χ0v) is 13.0. The molecule has 0 fully saturated rings. The Kier molecular flexibility index (Phi) is 4.43. The third-order valence-electron chi connectivity index (χ3n) is 3.45. The zero-order chi connectivity index (χ0) is 16.9. The zero-order valence-electron chi connectivity index (χ0n) is 13.0. The van der Waals surface area contributed by atoms with E-state index in [4.69, 9.17) is 19.6 Å². The minimum absolute atomic E-state index is 0.167. The molecule has 0 unspecified atom stereocenters. The number of ether oxygens (including phenoxy) is 2. The molecule has 1 aliphatic heterocycles. The summed E-state index contributed by atoms with van der Waals surface area (Å²) in [6.45, 7) is 1.79. The van der Waals surface area contributed by atoms with Crippen molar-refractivity contribution in [3.05, 3.63) is 59.2 Å². The number of benzene rings is 2. The van der Waals surface area contributed by atoms with Crippen molar-refractivity contribution in [1.82, 2.24) is 0 Å². The Hall–Kier alpha value is -3.33. The highest BCUT2D eigenvalue weighted by molar-refractivity contribution is 6.45. The van der Waals surface area contributed by atoms with Gasteiger partial charge in [-0.2, -0.15) is 5.26 Å². The monoisotopic (exact) mass is 322 g/mol. The fourth-order valence-electron chi connectivity index (χ4n) is 2.21. The Balaban J connectivity index is 1.74. The smallest absolute Gasteiger partial charge is 0.231 e. The van der Waals surface area contributed by atoms with Crippen molar-refractivity contribution >= 4 is 11.5 Å². The van der Waals surface area contributed by atoms with Gasteiger partial charge < -0.3 is 14.3 Å². The van der Waals surface area contributed by atoms with Crippen LogP contribution in [-0.4, -0.2) is 18.3 Å². The molecule has 0 radical (unpaired) electrons. The number of nitrogens with zero attached hydrogens (tertiary/aromatic N) is 2. The van der Waals surface area contributed by atoms with Crippen LogP contribution in [0.25, 0.3) is 0 Å². The van der Waals surface area contributed by atoms with Crippen LogP contribution < -0.4 is 9.47 Å². The molecule has 0 saturated carbocycles. The second-order valence-electron chi connectivity index (χ2n) is 5.15. The molecule has 6 heteroatoms. The Morgan fingerprint density at radius 1 is 1.21 bits per heavy atom. The maximum Gasteiger partial charge on any atom is 0.231 e. The number of Topliss-reactive ketones (excluding diaryl/α,β-unsaturated/α-hetero) is 1. The van der Waals surface area contributed by atoms with E-state index >= 15 is 0 Å². The second-order valence-corrected chi connectivity index (χ2v) is 5.15. The van der Waals surface area contributed by atoms with E-state index in [2.05, 4.69) is 11.2 Å². The van der Waals surface area contributed by atoms with E-state index in [1.54, 1.807) is 42.5 Å². The van der Waals surface area contributed by atoms with Gasteiger partial charge in [-0.15, -0.1) is 0 Å². The van der Waals surface area contributed by atoms with E-state index in [0.717, 1.165) is 5.56 Å². The van der Waals surface area contributed by atoms with Crippen LogP contribution in [-0.2, 0) is 16.2 Å². The molecule has 0 aromatic heterocycles. The van der Waals surface area contributed by atoms with Gasteiger partial charge in [-0.05, 0) is 35.9 Å². The summed E-state index contributed by atoms with van der Waals surface area (Å²) in [5.74, 6) is 1.00. The van der Waals surface area contributed by atoms with Crippen LogP contribution in [0.2, 0.25) is 0 Å². The van der Waals surface area contributed by atoms with Gasteiger partial charge in [0.1, 0.15) is 6.61 Å². The quantitative estimate of drug-likeness (QED) is 0.624. The molecule has 2 aromatic carbocycles. The van der Waals surface area contributed by atoms with E-state index < -0.39 is 0 Å². The van der Waals surface area contributed by atoms with Gasteiger partial charge in [-0.3, -0.25) is 4.79 Å². The summed E-state index contributed by atoms with van der Waals surface area (Å²) in [5.41, 5.74) is 2.24. The van der Waals surface area contributed by atoms with Crippen LogP contribution in [0, 0.1) is 11.3 Å². The number of fused-ring (bicyclic) bond motifs is 1. The fourth-order valence-corrected chi connectivity index (χ4v) is 2.21. The number of nitriles is 1. The number of oxime groups is 1. The van der Waals surface area contributed by atoms with Crippen molar-refractivity contribution in [1.29, 1.82) is 5.26 Å². The van der Waals surface area contributed by atoms with Gasteiger partial charge >= 0.3 is 0 Å². The van der Waals surface area contributed by atoms with Gasteiger partial charge in [0.15, 0.2) is 23.0 Å². The molecule has 1 heterocycles. The first-order valence-electron chi connectivity index (χ1n) is 7.27. The minimum Gasteiger partial charge on any atom is -0.454 e. The van der Waals surface area contributed by atoms with Crippen LogP contribution >= 0.6 is 0 Å². The molecule has 0 atom stereocenters. The number of hydrogen-bond acceptors (Lipinski definition) is 6. The van der Waals surface area contributed by atoms with Gasteiger partial charge in [0.05, 0.1) is 11.6 Å². The van der Waals surface area contributed by atoms with Crippen molar-refractivity contribution in [2.24, 2.45) is 5.16 Å². The van der Waals surface area contributed by atoms with E-state index in [-0.39, 0.29) is 24.9 Å². The molecule has 2 aromatic rings. The van der Waals surface area contributed by atoms with E-state index in [0.29, 0.717) is 22.6 Å². The Labute approximate surface area is 138 Å². The molecule has 0 spiro atoms. The van der Waals surface area contributed by atoms with Gasteiger partial charge in [0.2, 0.25) is 6.79 Å². The van der Waals surface area contributed by atoms with Crippen LogP contribution in [0.1, 0.15) is 23.6 Å². The summed E-state index contributed by atoms with van der Waals surface area (Å²) >= 11 is 0. The Morgan fingerprint density at radius 3 is 2.67 bits per heavy atom. The lowest BCUT2D eigenvalue weighted by molar-refractivity contribution is -0.111. The standard InChI is InChI=1S/C18H14N2O4/c1-12(21)18(15-6-7-16-17(8-15)23-11-22-16)20-24-10-14-4-2-13(9-19)3-5-14/h2-8H,10-11H2,1H3. The maximum atomic E-state index is 11.9. The SMILES string of the molecule is CC(=O)C(=NOCc1ccc(C#N)cc1)c1ccc2c(c1)OCO2. The second kappa shape index (κ2) is 6.84. The topological polar surface area (TPSA) is 80.9 Å². The van der Waals surface area contributed by atoms with Gasteiger partial charge in [-0.1, -0.05) is 17.3 Å². The van der Waals surface area contributed by atoms with Gasteiger partial charge in [-0.25, -0.2) is 0 Å². The highest BCUT2D eigenvalue weighted by atomic mass is 16.7. The Bertz CT molecular complexity index is 835. The molecule has 120 valence electrons. The van der Waals surface area contributed by atoms with Crippen molar-refractivity contribution in [3.63, 3.8) is 0 Å². The molecule has 0 amide bonds. The molecule has 0 N–H and O–H groups in total. The highest BCUT2D eigenvalue weighted by Gasteiger charge is 2.17. The van der Waals surface area contributed by atoms with Crippen molar-refractivity contribution < 1.29 is 19.1 Å². The summed E-state index contributed by atoms with van der Waals surface area (Å²) in [6, 6.07) is 14.2. The van der Waals surface area contributed by atoms with E-state index in [1.165, 1.54) is 6.92 Å². The number of carbonyl (C=O) groups excluding carboxylic acids is 1. The fraction of sp³-hybridized carbons (Fsp3) is 0.167. The lowest BCUT2D eigenvalue weighted by atomic mass is 10.1.